The number of amides is 1. The average Bonchev–Trinajstić information content (AvgIpc) is 2.62. The molecule has 1 amide bonds. The lowest BCUT2D eigenvalue weighted by Crippen LogP contribution is -2.17. The SMILES string of the molecule is Cc1ccc(C(=O)Nc2ccccc2)cc1S(=O)(=O)Nc1cccc(Cl)c1. The number of aryl methyl sites for hydroxylation is 1. The second kappa shape index (κ2) is 7.82. The van der Waals surface area contributed by atoms with Gasteiger partial charge in [-0.1, -0.05) is 41.9 Å². The van der Waals surface area contributed by atoms with E-state index in [0.717, 1.165) is 0 Å². The normalized spacial score (nSPS) is 11.0. The average molecular weight is 401 g/mol. The van der Waals surface area contributed by atoms with Crippen LogP contribution < -0.4 is 10.0 Å². The molecular weight excluding hydrogens is 384 g/mol. The number of carbonyl (C=O) groups is 1. The van der Waals surface area contributed by atoms with Crippen LogP contribution in [0.2, 0.25) is 5.02 Å². The summed E-state index contributed by atoms with van der Waals surface area (Å²) in [5, 5.41) is 3.16. The number of hydrogen-bond acceptors (Lipinski definition) is 3. The van der Waals surface area contributed by atoms with Gasteiger partial charge in [-0.25, -0.2) is 8.42 Å². The molecule has 5 nitrogen and oxygen atoms in total. The molecule has 0 unspecified atom stereocenters. The van der Waals surface area contributed by atoms with Crippen molar-refractivity contribution in [3.8, 4) is 0 Å². The van der Waals surface area contributed by atoms with Crippen LogP contribution in [0.15, 0.2) is 77.7 Å². The van der Waals surface area contributed by atoms with Gasteiger partial charge in [0.25, 0.3) is 15.9 Å². The Bertz CT molecular complexity index is 1080. The number of benzene rings is 3. The lowest BCUT2D eigenvalue weighted by Gasteiger charge is -2.12. The molecule has 3 rings (SSSR count). The van der Waals surface area contributed by atoms with Crippen LogP contribution in [-0.4, -0.2) is 14.3 Å². The van der Waals surface area contributed by atoms with Gasteiger partial charge < -0.3 is 5.32 Å². The van der Waals surface area contributed by atoms with Gasteiger partial charge in [0.15, 0.2) is 0 Å². The van der Waals surface area contributed by atoms with E-state index >= 15 is 0 Å². The summed E-state index contributed by atoms with van der Waals surface area (Å²) in [7, 11) is -3.88. The molecule has 0 bridgehead atoms. The monoisotopic (exact) mass is 400 g/mol. The summed E-state index contributed by atoms with van der Waals surface area (Å²) in [6, 6.07) is 19.9. The van der Waals surface area contributed by atoms with Gasteiger partial charge in [-0.05, 0) is 55.0 Å². The lowest BCUT2D eigenvalue weighted by atomic mass is 10.1. The number of halogens is 1. The molecule has 138 valence electrons. The molecule has 0 aliphatic rings. The predicted molar refractivity (Wildman–Crippen MR) is 108 cm³/mol. The number of para-hydroxylation sites is 1. The van der Waals surface area contributed by atoms with Crippen molar-refractivity contribution in [2.75, 3.05) is 10.0 Å². The number of hydrogen-bond donors (Lipinski definition) is 2. The molecule has 0 aliphatic carbocycles. The largest absolute Gasteiger partial charge is 0.322 e. The van der Waals surface area contributed by atoms with Crippen molar-refractivity contribution in [3.05, 3.63) is 88.9 Å². The molecule has 0 fully saturated rings. The summed E-state index contributed by atoms with van der Waals surface area (Å²) >= 11 is 5.91. The smallest absolute Gasteiger partial charge is 0.262 e. The lowest BCUT2D eigenvalue weighted by molar-refractivity contribution is 0.102. The van der Waals surface area contributed by atoms with Gasteiger partial charge in [-0.3, -0.25) is 9.52 Å². The van der Waals surface area contributed by atoms with Gasteiger partial charge in [0, 0.05) is 16.3 Å². The van der Waals surface area contributed by atoms with Crippen LogP contribution in [-0.2, 0) is 10.0 Å². The molecule has 0 heterocycles. The van der Waals surface area contributed by atoms with E-state index < -0.39 is 10.0 Å². The highest BCUT2D eigenvalue weighted by molar-refractivity contribution is 7.92. The Balaban J connectivity index is 1.89. The zero-order chi connectivity index (χ0) is 19.4. The van der Waals surface area contributed by atoms with Crippen molar-refractivity contribution in [1.82, 2.24) is 0 Å². The van der Waals surface area contributed by atoms with E-state index in [1.54, 1.807) is 61.5 Å². The summed E-state index contributed by atoms with van der Waals surface area (Å²) < 4.78 is 28.1. The van der Waals surface area contributed by atoms with E-state index in [1.165, 1.54) is 12.1 Å². The first-order chi connectivity index (χ1) is 12.8. The minimum atomic E-state index is -3.88. The van der Waals surface area contributed by atoms with Gasteiger partial charge in [-0.15, -0.1) is 0 Å². The van der Waals surface area contributed by atoms with E-state index in [0.29, 0.717) is 22.0 Å². The Morgan fingerprint density at radius 2 is 1.59 bits per heavy atom. The molecule has 0 atom stereocenters. The minimum absolute atomic E-state index is 0.0307. The Morgan fingerprint density at radius 1 is 0.889 bits per heavy atom. The van der Waals surface area contributed by atoms with E-state index in [1.807, 2.05) is 6.07 Å². The zero-order valence-electron chi connectivity index (χ0n) is 14.4. The highest BCUT2D eigenvalue weighted by Gasteiger charge is 2.19. The third kappa shape index (κ3) is 4.67. The van der Waals surface area contributed by atoms with Gasteiger partial charge in [0.2, 0.25) is 0 Å². The number of carbonyl (C=O) groups excluding carboxylic acids is 1. The van der Waals surface area contributed by atoms with E-state index in [-0.39, 0.29) is 16.4 Å². The van der Waals surface area contributed by atoms with Crippen molar-refractivity contribution in [2.24, 2.45) is 0 Å². The first-order valence-electron chi connectivity index (χ1n) is 8.10. The zero-order valence-corrected chi connectivity index (χ0v) is 16.0. The third-order valence-corrected chi connectivity index (χ3v) is 5.61. The summed E-state index contributed by atoms with van der Waals surface area (Å²) in [6.45, 7) is 1.67. The second-order valence-electron chi connectivity index (χ2n) is 5.92. The van der Waals surface area contributed by atoms with Crippen LogP contribution in [0.5, 0.6) is 0 Å². The number of rotatable bonds is 5. The Kier molecular flexibility index (Phi) is 5.48. The molecule has 27 heavy (non-hydrogen) atoms. The summed E-state index contributed by atoms with van der Waals surface area (Å²) in [5.41, 5.74) is 1.75. The standard InChI is InChI=1S/C20H17ClN2O3S/c1-14-10-11-15(20(24)22-17-7-3-2-4-8-17)12-19(14)27(25,26)23-18-9-5-6-16(21)13-18/h2-13,23H,1H3,(H,22,24). The van der Waals surface area contributed by atoms with E-state index in [4.69, 9.17) is 11.6 Å². The van der Waals surface area contributed by atoms with Crippen molar-refractivity contribution >= 4 is 38.9 Å². The van der Waals surface area contributed by atoms with Gasteiger partial charge >= 0.3 is 0 Å². The van der Waals surface area contributed by atoms with Crippen molar-refractivity contribution < 1.29 is 13.2 Å². The first kappa shape index (κ1) is 18.9. The molecule has 3 aromatic rings. The van der Waals surface area contributed by atoms with Crippen molar-refractivity contribution in [2.45, 2.75) is 11.8 Å². The molecule has 7 heteroatoms. The van der Waals surface area contributed by atoms with Gasteiger partial charge in [0.1, 0.15) is 0 Å². The van der Waals surface area contributed by atoms with Crippen molar-refractivity contribution in [3.63, 3.8) is 0 Å². The quantitative estimate of drug-likeness (QED) is 0.651. The summed E-state index contributed by atoms with van der Waals surface area (Å²) in [5.74, 6) is -0.389. The fraction of sp³-hybridized carbons (Fsp3) is 0.0500. The second-order valence-corrected chi connectivity index (χ2v) is 8.00. The number of sulfonamides is 1. The molecule has 3 aromatic carbocycles. The van der Waals surface area contributed by atoms with E-state index in [9.17, 15) is 13.2 Å². The minimum Gasteiger partial charge on any atom is -0.322 e. The highest BCUT2D eigenvalue weighted by atomic mass is 35.5. The number of nitrogens with one attached hydrogen (secondary N) is 2. The molecule has 0 radical (unpaired) electrons. The van der Waals surface area contributed by atoms with Gasteiger partial charge in [0.05, 0.1) is 10.6 Å². The van der Waals surface area contributed by atoms with Crippen LogP contribution in [0.4, 0.5) is 11.4 Å². The summed E-state index contributed by atoms with van der Waals surface area (Å²) in [6.07, 6.45) is 0. The fourth-order valence-corrected chi connectivity index (χ4v) is 4.03. The molecule has 0 saturated carbocycles. The maximum atomic E-state index is 12.8. The fourth-order valence-electron chi connectivity index (χ4n) is 2.52. The van der Waals surface area contributed by atoms with E-state index in [2.05, 4.69) is 10.0 Å². The Morgan fingerprint density at radius 3 is 2.30 bits per heavy atom. The number of anilines is 2. The molecule has 0 aliphatic heterocycles. The van der Waals surface area contributed by atoms with Crippen molar-refractivity contribution in [1.29, 1.82) is 0 Å². The van der Waals surface area contributed by atoms with Crippen LogP contribution >= 0.6 is 11.6 Å². The molecule has 0 aromatic heterocycles. The van der Waals surface area contributed by atoms with Crippen LogP contribution in [0.25, 0.3) is 0 Å². The molecule has 0 spiro atoms. The predicted octanol–water partition coefficient (Wildman–Crippen LogP) is 4.70. The summed E-state index contributed by atoms with van der Waals surface area (Å²) in [4.78, 5) is 12.5. The maximum absolute atomic E-state index is 12.8. The van der Waals surface area contributed by atoms with Crippen LogP contribution in [0.3, 0.4) is 0 Å². The van der Waals surface area contributed by atoms with Gasteiger partial charge in [-0.2, -0.15) is 0 Å². The topological polar surface area (TPSA) is 75.3 Å². The van der Waals surface area contributed by atoms with Crippen LogP contribution in [0.1, 0.15) is 15.9 Å². The molecule has 2 N–H and O–H groups in total. The Labute approximate surface area is 163 Å². The third-order valence-electron chi connectivity index (χ3n) is 3.85. The molecule has 0 saturated heterocycles. The molecular formula is C20H17ClN2O3S. The van der Waals surface area contributed by atoms with Crippen LogP contribution in [0, 0.1) is 6.92 Å². The highest BCUT2D eigenvalue weighted by Crippen LogP contribution is 2.23. The first-order valence-corrected chi connectivity index (χ1v) is 9.97. The Hall–Kier alpha value is -2.83. The maximum Gasteiger partial charge on any atom is 0.262 e.